The number of aryl methyl sites for hydroxylation is 1. The van der Waals surface area contributed by atoms with Crippen LogP contribution in [0.15, 0.2) is 42.5 Å². The van der Waals surface area contributed by atoms with E-state index in [-0.39, 0.29) is 12.4 Å². The van der Waals surface area contributed by atoms with Crippen molar-refractivity contribution >= 4 is 12.4 Å². The Hall–Kier alpha value is -1.75. The number of halogens is 1. The first-order valence-electron chi connectivity index (χ1n) is 7.78. The van der Waals surface area contributed by atoms with Gasteiger partial charge >= 0.3 is 0 Å². The molecular formula is C19H26ClNO3. The van der Waals surface area contributed by atoms with Crippen LogP contribution in [0.2, 0.25) is 0 Å². The molecule has 2 aromatic carbocycles. The summed E-state index contributed by atoms with van der Waals surface area (Å²) in [5.74, 6) is 1.51. The molecule has 0 heterocycles. The minimum atomic E-state index is 0. The van der Waals surface area contributed by atoms with Gasteiger partial charge < -0.3 is 19.5 Å². The second-order valence-corrected chi connectivity index (χ2v) is 5.43. The van der Waals surface area contributed by atoms with Crippen LogP contribution >= 0.6 is 12.4 Å². The number of hydrogen-bond donors (Lipinski definition) is 1. The number of hydrogen-bond acceptors (Lipinski definition) is 4. The molecule has 0 radical (unpaired) electrons. The monoisotopic (exact) mass is 351 g/mol. The molecule has 1 N–H and O–H groups in total. The smallest absolute Gasteiger partial charge is 0.161 e. The van der Waals surface area contributed by atoms with Gasteiger partial charge in [0.25, 0.3) is 0 Å². The van der Waals surface area contributed by atoms with Crippen LogP contribution in [0.4, 0.5) is 0 Å². The summed E-state index contributed by atoms with van der Waals surface area (Å²) in [5, 5.41) is 3.32. The Kier molecular flexibility index (Phi) is 9.23. The molecule has 0 saturated carbocycles. The zero-order valence-electron chi connectivity index (χ0n) is 14.5. The maximum atomic E-state index is 5.89. The van der Waals surface area contributed by atoms with Crippen molar-refractivity contribution in [1.29, 1.82) is 0 Å². The Bertz CT molecular complexity index is 602. The average Bonchev–Trinajstić information content (AvgIpc) is 2.58. The molecule has 132 valence electrons. The third kappa shape index (κ3) is 6.40. The largest absolute Gasteiger partial charge is 0.493 e. The summed E-state index contributed by atoms with van der Waals surface area (Å²) >= 11 is 0. The molecular weight excluding hydrogens is 326 g/mol. The summed E-state index contributed by atoms with van der Waals surface area (Å²) in [6, 6.07) is 14.3. The van der Waals surface area contributed by atoms with Crippen molar-refractivity contribution in [3.05, 3.63) is 59.2 Å². The first kappa shape index (κ1) is 20.3. The van der Waals surface area contributed by atoms with Crippen LogP contribution in [-0.4, -0.2) is 27.4 Å². The molecule has 4 nitrogen and oxygen atoms in total. The minimum absolute atomic E-state index is 0. The van der Waals surface area contributed by atoms with Crippen molar-refractivity contribution in [2.24, 2.45) is 0 Å². The van der Waals surface area contributed by atoms with E-state index in [1.165, 1.54) is 5.56 Å². The molecule has 0 aliphatic carbocycles. The Morgan fingerprint density at radius 1 is 0.917 bits per heavy atom. The van der Waals surface area contributed by atoms with E-state index in [0.717, 1.165) is 35.7 Å². The van der Waals surface area contributed by atoms with Crippen LogP contribution in [0.5, 0.6) is 11.5 Å². The van der Waals surface area contributed by atoms with Gasteiger partial charge in [0.05, 0.1) is 13.7 Å². The van der Waals surface area contributed by atoms with E-state index in [9.17, 15) is 0 Å². The standard InChI is InChI=1S/C19H25NO3.ClH/c1-15-4-6-16(7-5-15)14-23-18-9-8-17(12-19(18)22-3)13-20-10-11-21-2;/h4-9,12,20H,10-11,13-14H2,1-3H3;1H. The van der Waals surface area contributed by atoms with Crippen LogP contribution in [0.1, 0.15) is 16.7 Å². The highest BCUT2D eigenvalue weighted by molar-refractivity contribution is 5.85. The molecule has 0 bridgehead atoms. The fourth-order valence-corrected chi connectivity index (χ4v) is 2.19. The van der Waals surface area contributed by atoms with Crippen molar-refractivity contribution in [1.82, 2.24) is 5.32 Å². The van der Waals surface area contributed by atoms with Gasteiger partial charge in [0.2, 0.25) is 0 Å². The Morgan fingerprint density at radius 3 is 2.29 bits per heavy atom. The highest BCUT2D eigenvalue weighted by Gasteiger charge is 2.06. The first-order chi connectivity index (χ1) is 11.2. The lowest BCUT2D eigenvalue weighted by Gasteiger charge is -2.13. The molecule has 0 spiro atoms. The third-order valence-electron chi connectivity index (χ3n) is 3.56. The predicted molar refractivity (Wildman–Crippen MR) is 99.3 cm³/mol. The zero-order valence-corrected chi connectivity index (χ0v) is 15.3. The number of ether oxygens (including phenoxy) is 3. The van der Waals surface area contributed by atoms with Crippen LogP contribution < -0.4 is 14.8 Å². The van der Waals surface area contributed by atoms with Crippen molar-refractivity contribution in [2.45, 2.75) is 20.1 Å². The lowest BCUT2D eigenvalue weighted by molar-refractivity contribution is 0.199. The van der Waals surface area contributed by atoms with Gasteiger partial charge in [-0.3, -0.25) is 0 Å². The van der Waals surface area contributed by atoms with Gasteiger partial charge in [-0.2, -0.15) is 0 Å². The fourth-order valence-electron chi connectivity index (χ4n) is 2.19. The summed E-state index contributed by atoms with van der Waals surface area (Å²) in [5.41, 5.74) is 3.54. The van der Waals surface area contributed by atoms with E-state index in [0.29, 0.717) is 13.2 Å². The SMILES string of the molecule is COCCNCc1ccc(OCc2ccc(C)cc2)c(OC)c1.Cl. The van der Waals surface area contributed by atoms with E-state index in [4.69, 9.17) is 14.2 Å². The summed E-state index contributed by atoms with van der Waals surface area (Å²) < 4.78 is 16.3. The quantitative estimate of drug-likeness (QED) is 0.699. The van der Waals surface area contributed by atoms with Crippen LogP contribution in [0.3, 0.4) is 0 Å². The van der Waals surface area contributed by atoms with Crippen LogP contribution in [0, 0.1) is 6.92 Å². The average molecular weight is 352 g/mol. The van der Waals surface area contributed by atoms with Crippen molar-refractivity contribution < 1.29 is 14.2 Å². The highest BCUT2D eigenvalue weighted by Crippen LogP contribution is 2.28. The van der Waals surface area contributed by atoms with E-state index in [1.807, 2.05) is 18.2 Å². The second-order valence-electron chi connectivity index (χ2n) is 5.43. The highest BCUT2D eigenvalue weighted by atomic mass is 35.5. The van der Waals surface area contributed by atoms with Gasteiger partial charge in [-0.15, -0.1) is 12.4 Å². The second kappa shape index (κ2) is 10.9. The van der Waals surface area contributed by atoms with Gasteiger partial charge in [0, 0.05) is 20.2 Å². The number of benzene rings is 2. The molecule has 0 unspecified atom stereocenters. The molecule has 0 fully saturated rings. The Morgan fingerprint density at radius 2 is 1.62 bits per heavy atom. The van der Waals surface area contributed by atoms with E-state index in [2.05, 4.69) is 36.5 Å². The molecule has 0 aromatic heterocycles. The van der Waals surface area contributed by atoms with Crippen LogP contribution in [0.25, 0.3) is 0 Å². The molecule has 0 aliphatic heterocycles. The van der Waals surface area contributed by atoms with Gasteiger partial charge in [-0.05, 0) is 30.2 Å². The first-order valence-corrected chi connectivity index (χ1v) is 7.78. The van der Waals surface area contributed by atoms with Crippen molar-refractivity contribution in [3.8, 4) is 11.5 Å². The van der Waals surface area contributed by atoms with Crippen molar-refractivity contribution in [3.63, 3.8) is 0 Å². The number of methoxy groups -OCH3 is 2. The zero-order chi connectivity index (χ0) is 16.5. The lowest BCUT2D eigenvalue weighted by Crippen LogP contribution is -2.18. The summed E-state index contributed by atoms with van der Waals surface area (Å²) in [7, 11) is 3.36. The minimum Gasteiger partial charge on any atom is -0.493 e. The van der Waals surface area contributed by atoms with Gasteiger partial charge in [-0.25, -0.2) is 0 Å². The molecule has 0 aliphatic rings. The number of nitrogens with one attached hydrogen (secondary N) is 1. The predicted octanol–water partition coefficient (Wildman–Crippen LogP) is 3.74. The molecule has 0 atom stereocenters. The Labute approximate surface area is 150 Å². The lowest BCUT2D eigenvalue weighted by atomic mass is 10.1. The van der Waals surface area contributed by atoms with E-state index in [1.54, 1.807) is 14.2 Å². The molecule has 0 amide bonds. The van der Waals surface area contributed by atoms with Crippen LogP contribution in [-0.2, 0) is 17.9 Å². The van der Waals surface area contributed by atoms with Gasteiger partial charge in [0.15, 0.2) is 11.5 Å². The molecule has 5 heteroatoms. The molecule has 2 aromatic rings. The third-order valence-corrected chi connectivity index (χ3v) is 3.56. The number of rotatable bonds is 9. The summed E-state index contributed by atoms with van der Waals surface area (Å²) in [4.78, 5) is 0. The van der Waals surface area contributed by atoms with E-state index >= 15 is 0 Å². The van der Waals surface area contributed by atoms with Crippen molar-refractivity contribution in [2.75, 3.05) is 27.4 Å². The molecule has 2 rings (SSSR count). The topological polar surface area (TPSA) is 39.7 Å². The molecule has 0 saturated heterocycles. The summed E-state index contributed by atoms with van der Waals surface area (Å²) in [6.45, 7) is 4.91. The maximum Gasteiger partial charge on any atom is 0.161 e. The molecule has 24 heavy (non-hydrogen) atoms. The van der Waals surface area contributed by atoms with Gasteiger partial charge in [0.1, 0.15) is 6.61 Å². The van der Waals surface area contributed by atoms with E-state index < -0.39 is 0 Å². The Balaban J connectivity index is 0.00000288. The maximum absolute atomic E-state index is 5.89. The normalized spacial score (nSPS) is 10.1. The summed E-state index contributed by atoms with van der Waals surface area (Å²) in [6.07, 6.45) is 0. The van der Waals surface area contributed by atoms with Gasteiger partial charge in [-0.1, -0.05) is 35.9 Å². The fraction of sp³-hybridized carbons (Fsp3) is 0.368.